The van der Waals surface area contributed by atoms with E-state index < -0.39 is 11.9 Å². The summed E-state index contributed by atoms with van der Waals surface area (Å²) in [7, 11) is 0. The van der Waals surface area contributed by atoms with E-state index in [9.17, 15) is 14.7 Å². The van der Waals surface area contributed by atoms with Crippen molar-refractivity contribution in [1.82, 2.24) is 4.90 Å². The maximum absolute atomic E-state index is 13.0. The van der Waals surface area contributed by atoms with Gasteiger partial charge in [0.25, 0.3) is 0 Å². The summed E-state index contributed by atoms with van der Waals surface area (Å²) in [5.41, 5.74) is 1.36. The van der Waals surface area contributed by atoms with Gasteiger partial charge in [0.15, 0.2) is 0 Å². The van der Waals surface area contributed by atoms with E-state index in [4.69, 9.17) is 0 Å². The Balaban J connectivity index is 1.30. The highest BCUT2D eigenvalue weighted by atomic mass is 16.4. The van der Waals surface area contributed by atoms with Gasteiger partial charge in [-0.05, 0) is 36.7 Å². The van der Waals surface area contributed by atoms with Crippen LogP contribution < -0.4 is 10.0 Å². The number of hydrogen-bond acceptors (Lipinski definition) is 3. The number of benzene rings is 1. The van der Waals surface area contributed by atoms with E-state index in [1.807, 2.05) is 11.0 Å². The molecule has 4 atom stereocenters. The number of nitrogens with one attached hydrogen (secondary N) is 1. The van der Waals surface area contributed by atoms with Crippen LogP contribution in [-0.2, 0) is 16.0 Å². The second-order valence-corrected chi connectivity index (χ2v) is 8.26. The number of carboxylic acid groups (broad SMARTS) is 1. The molecule has 1 amide bonds. The van der Waals surface area contributed by atoms with Crippen molar-refractivity contribution in [1.29, 1.82) is 0 Å². The average Bonchev–Trinajstić information content (AvgIpc) is 3.28. The van der Waals surface area contributed by atoms with Crippen molar-refractivity contribution in [2.75, 3.05) is 32.7 Å². The van der Waals surface area contributed by atoms with Crippen molar-refractivity contribution in [3.63, 3.8) is 0 Å². The average molecular weight is 356 g/mol. The first kappa shape index (κ1) is 17.5. The molecule has 2 aliphatic carbocycles. The molecule has 1 heterocycles. The molecule has 5 nitrogen and oxygen atoms in total. The fourth-order valence-corrected chi connectivity index (χ4v) is 5.46. The molecule has 0 aromatic heterocycles. The number of nitrogens with zero attached hydrogens (tertiary/aromatic N) is 1. The Kier molecular flexibility index (Phi) is 4.98. The molecule has 4 rings (SSSR count). The molecule has 140 valence electrons. The Labute approximate surface area is 155 Å². The summed E-state index contributed by atoms with van der Waals surface area (Å²) in [6, 6.07) is 10.5. The summed E-state index contributed by atoms with van der Waals surface area (Å²) in [5, 5.41) is 11.6. The van der Waals surface area contributed by atoms with Crippen molar-refractivity contribution in [2.24, 2.45) is 23.7 Å². The second-order valence-electron chi connectivity index (χ2n) is 8.26. The highest BCUT2D eigenvalue weighted by Gasteiger charge is 2.52. The van der Waals surface area contributed by atoms with E-state index in [0.29, 0.717) is 0 Å². The predicted octanol–water partition coefficient (Wildman–Crippen LogP) is -0.632. The molecule has 3 aliphatic rings. The minimum absolute atomic E-state index is 0.0773. The number of piperazine rings is 1. The lowest BCUT2D eigenvalue weighted by Crippen LogP contribution is -3.15. The van der Waals surface area contributed by atoms with E-state index in [1.54, 1.807) is 0 Å². The van der Waals surface area contributed by atoms with Gasteiger partial charge < -0.3 is 19.7 Å². The molecule has 2 saturated carbocycles. The summed E-state index contributed by atoms with van der Waals surface area (Å²) < 4.78 is 0. The molecule has 2 bridgehead atoms. The highest BCUT2D eigenvalue weighted by Crippen LogP contribution is 2.52. The first-order valence-corrected chi connectivity index (χ1v) is 10.0. The number of fused-ring (bicyclic) bond motifs is 2. The van der Waals surface area contributed by atoms with Crippen LogP contribution in [0.1, 0.15) is 24.8 Å². The van der Waals surface area contributed by atoms with Gasteiger partial charge in [0.1, 0.15) is 0 Å². The number of rotatable bonds is 5. The third-order valence-electron chi connectivity index (χ3n) is 6.87. The quantitative estimate of drug-likeness (QED) is 0.764. The van der Waals surface area contributed by atoms with Gasteiger partial charge in [-0.2, -0.15) is 0 Å². The largest absolute Gasteiger partial charge is 0.550 e. The molecule has 1 N–H and O–H groups in total. The van der Waals surface area contributed by atoms with Gasteiger partial charge in [-0.3, -0.25) is 4.79 Å². The van der Waals surface area contributed by atoms with Crippen LogP contribution in [0.2, 0.25) is 0 Å². The molecule has 0 unspecified atom stereocenters. The van der Waals surface area contributed by atoms with E-state index >= 15 is 0 Å². The van der Waals surface area contributed by atoms with Crippen LogP contribution in [0.5, 0.6) is 0 Å². The van der Waals surface area contributed by atoms with E-state index in [1.165, 1.54) is 10.5 Å². The predicted molar refractivity (Wildman–Crippen MR) is 95.1 cm³/mol. The topological polar surface area (TPSA) is 64.9 Å². The molecule has 1 saturated heterocycles. The number of quaternary nitrogens is 1. The van der Waals surface area contributed by atoms with E-state index in [0.717, 1.165) is 58.4 Å². The Hall–Kier alpha value is -1.88. The van der Waals surface area contributed by atoms with Gasteiger partial charge in [-0.15, -0.1) is 0 Å². The van der Waals surface area contributed by atoms with Gasteiger partial charge in [0.05, 0.1) is 32.7 Å². The summed E-state index contributed by atoms with van der Waals surface area (Å²) in [5.74, 6) is -1.39. The van der Waals surface area contributed by atoms with Crippen LogP contribution in [0.25, 0.3) is 0 Å². The van der Waals surface area contributed by atoms with Crippen LogP contribution in [-0.4, -0.2) is 49.5 Å². The smallest absolute Gasteiger partial charge is 0.227 e. The molecule has 1 aromatic carbocycles. The number of carboxylic acids is 1. The van der Waals surface area contributed by atoms with Crippen molar-refractivity contribution < 1.29 is 19.6 Å². The molecular weight excluding hydrogens is 328 g/mol. The first-order valence-electron chi connectivity index (χ1n) is 10.0. The maximum Gasteiger partial charge on any atom is 0.227 e. The number of carbonyl (C=O) groups is 2. The molecule has 0 spiro atoms. The minimum Gasteiger partial charge on any atom is -0.550 e. The van der Waals surface area contributed by atoms with Gasteiger partial charge in [0, 0.05) is 24.2 Å². The van der Waals surface area contributed by atoms with Crippen molar-refractivity contribution in [3.05, 3.63) is 35.9 Å². The summed E-state index contributed by atoms with van der Waals surface area (Å²) in [4.78, 5) is 28.0. The molecule has 0 radical (unpaired) electrons. The summed E-state index contributed by atoms with van der Waals surface area (Å²) >= 11 is 0. The Bertz CT molecular complexity index is 654. The second kappa shape index (κ2) is 7.39. The lowest BCUT2D eigenvalue weighted by Gasteiger charge is -2.38. The fourth-order valence-electron chi connectivity index (χ4n) is 5.46. The van der Waals surface area contributed by atoms with Gasteiger partial charge in [0.2, 0.25) is 5.91 Å². The molecule has 1 aliphatic heterocycles. The molecule has 26 heavy (non-hydrogen) atoms. The molecule has 3 fully saturated rings. The zero-order valence-electron chi connectivity index (χ0n) is 15.2. The van der Waals surface area contributed by atoms with Crippen LogP contribution in [0.4, 0.5) is 0 Å². The normalized spacial score (nSPS) is 31.3. The molecule has 5 heteroatoms. The van der Waals surface area contributed by atoms with E-state index in [-0.39, 0.29) is 23.7 Å². The number of aliphatic carboxylic acids is 1. The highest BCUT2D eigenvalue weighted by molar-refractivity contribution is 5.85. The maximum atomic E-state index is 13.0. The number of amides is 1. The van der Waals surface area contributed by atoms with Crippen molar-refractivity contribution in [3.8, 4) is 0 Å². The summed E-state index contributed by atoms with van der Waals surface area (Å²) in [6.07, 6.45) is 3.91. The van der Waals surface area contributed by atoms with Gasteiger partial charge >= 0.3 is 0 Å². The Morgan fingerprint density at radius 3 is 2.35 bits per heavy atom. The molecular formula is C21H28N2O3. The Morgan fingerprint density at radius 1 is 1.04 bits per heavy atom. The van der Waals surface area contributed by atoms with Crippen LogP contribution in [0, 0.1) is 23.7 Å². The lowest BCUT2D eigenvalue weighted by atomic mass is 9.78. The van der Waals surface area contributed by atoms with E-state index in [2.05, 4.69) is 24.3 Å². The zero-order valence-corrected chi connectivity index (χ0v) is 15.2. The lowest BCUT2D eigenvalue weighted by molar-refractivity contribution is -0.903. The SMILES string of the molecule is O=C([O-])[C@H]1[C@H]2CC[C@H](C2)[C@@H]1C(=O)N1CC[NH+](CCc2ccccc2)CC1. The Morgan fingerprint density at radius 2 is 1.69 bits per heavy atom. The minimum atomic E-state index is -1.01. The monoisotopic (exact) mass is 356 g/mol. The third kappa shape index (κ3) is 3.37. The first-order chi connectivity index (χ1) is 12.6. The van der Waals surface area contributed by atoms with Gasteiger partial charge in [-0.1, -0.05) is 30.3 Å². The van der Waals surface area contributed by atoms with Gasteiger partial charge in [-0.25, -0.2) is 0 Å². The number of carbonyl (C=O) groups excluding carboxylic acids is 2. The standard InChI is InChI=1S/C21H28N2O3/c24-20(18-16-6-7-17(14-16)19(18)21(25)26)23-12-10-22(11-13-23)9-8-15-4-2-1-3-5-15/h1-5,16-19H,6-14H2,(H,25,26)/t16-,17+,18+,19+/m1/s1. The number of hydrogen-bond donors (Lipinski definition) is 1. The van der Waals surface area contributed by atoms with Crippen LogP contribution in [0.3, 0.4) is 0 Å². The van der Waals surface area contributed by atoms with Crippen molar-refractivity contribution in [2.45, 2.75) is 25.7 Å². The fraction of sp³-hybridized carbons (Fsp3) is 0.619. The molecule has 1 aromatic rings. The van der Waals surface area contributed by atoms with Crippen LogP contribution >= 0.6 is 0 Å². The van der Waals surface area contributed by atoms with Crippen molar-refractivity contribution >= 4 is 11.9 Å². The zero-order chi connectivity index (χ0) is 18.1. The van der Waals surface area contributed by atoms with Crippen LogP contribution in [0.15, 0.2) is 30.3 Å². The third-order valence-corrected chi connectivity index (χ3v) is 6.87. The summed E-state index contributed by atoms with van der Waals surface area (Å²) in [6.45, 7) is 4.49.